The molecule has 2 aromatic carbocycles. The number of hydrogen-bond acceptors (Lipinski definition) is 4. The molecule has 1 aliphatic rings. The Kier molecular flexibility index (Phi) is 18.9. The van der Waals surface area contributed by atoms with Gasteiger partial charge in [0.25, 0.3) is 0 Å². The van der Waals surface area contributed by atoms with E-state index in [0.717, 1.165) is 35.8 Å². The van der Waals surface area contributed by atoms with Gasteiger partial charge in [-0.15, -0.1) is 28.7 Å². The van der Waals surface area contributed by atoms with Crippen molar-refractivity contribution in [1.29, 1.82) is 0 Å². The van der Waals surface area contributed by atoms with E-state index in [0.29, 0.717) is 13.0 Å². The number of carbonyl (C=O) groups is 1. The van der Waals surface area contributed by atoms with Gasteiger partial charge in [-0.25, -0.2) is 0 Å². The molecule has 0 unspecified atom stereocenters. The summed E-state index contributed by atoms with van der Waals surface area (Å²) in [6.45, 7) is 10.5. The van der Waals surface area contributed by atoms with Crippen LogP contribution in [0.2, 0.25) is 0 Å². The predicted octanol–water partition coefficient (Wildman–Crippen LogP) is 11.6. The number of anilines is 1. The topological polar surface area (TPSA) is 41.6 Å². The smallest absolute Gasteiger partial charge is 0.228 e. The molecule has 0 radical (unpaired) electrons. The van der Waals surface area contributed by atoms with Crippen molar-refractivity contribution in [1.82, 2.24) is 4.90 Å². The molecule has 0 spiro atoms. The van der Waals surface area contributed by atoms with E-state index in [2.05, 4.69) is 79.9 Å². The Bertz CT molecular complexity index is 1100. The van der Waals surface area contributed by atoms with Gasteiger partial charge >= 0.3 is 0 Å². The summed E-state index contributed by atoms with van der Waals surface area (Å²) in [7, 11) is 0. The van der Waals surface area contributed by atoms with Gasteiger partial charge < -0.3 is 15.0 Å². The average Bonchev–Trinajstić information content (AvgIpc) is 3.49. The van der Waals surface area contributed by atoms with Gasteiger partial charge in [0.15, 0.2) is 0 Å². The summed E-state index contributed by atoms with van der Waals surface area (Å²) in [5.41, 5.74) is 4.28. The fourth-order valence-electron chi connectivity index (χ4n) is 5.50. The molecule has 6 heteroatoms. The molecule has 0 saturated carbocycles. The summed E-state index contributed by atoms with van der Waals surface area (Å²) in [4.78, 5) is 15.3. The van der Waals surface area contributed by atoms with Crippen LogP contribution in [0.4, 0.5) is 5.69 Å². The number of nitrogens with zero attached hydrogens (tertiary/aromatic N) is 1. The van der Waals surface area contributed by atoms with Gasteiger partial charge in [-0.3, -0.25) is 4.79 Å². The zero-order valence-electron chi connectivity index (χ0n) is 28.0. The molecule has 0 fully saturated rings. The Labute approximate surface area is 284 Å². The molecule has 2 aromatic rings. The van der Waals surface area contributed by atoms with E-state index in [9.17, 15) is 4.79 Å². The first-order valence-corrected chi connectivity index (χ1v) is 18.1. The first-order valence-electron chi connectivity index (χ1n) is 17.0. The van der Waals surface area contributed by atoms with Gasteiger partial charge in [0.05, 0.1) is 18.9 Å². The van der Waals surface area contributed by atoms with Crippen molar-refractivity contribution in [3.63, 3.8) is 0 Å². The van der Waals surface area contributed by atoms with Crippen molar-refractivity contribution in [2.75, 3.05) is 17.8 Å². The highest BCUT2D eigenvalue weighted by Gasteiger charge is 2.18. The van der Waals surface area contributed by atoms with Gasteiger partial charge in [0, 0.05) is 24.0 Å². The van der Waals surface area contributed by atoms with Crippen molar-refractivity contribution < 1.29 is 9.53 Å². The number of carbonyl (C=O) groups excluding carboxylic acids is 1. The van der Waals surface area contributed by atoms with Crippen molar-refractivity contribution in [2.24, 2.45) is 0 Å². The maximum atomic E-state index is 13.0. The van der Waals surface area contributed by atoms with Gasteiger partial charge in [0.1, 0.15) is 5.75 Å². The lowest BCUT2D eigenvalue weighted by Crippen LogP contribution is -2.17. The molecule has 1 aliphatic heterocycles. The minimum atomic E-state index is -0.0172. The average molecular weight is 688 g/mol. The number of rotatable bonds is 21. The third-order valence-corrected chi connectivity index (χ3v) is 9.07. The second-order valence-corrected chi connectivity index (χ2v) is 14.1. The van der Waals surface area contributed by atoms with Gasteiger partial charge in [-0.2, -0.15) is 0 Å². The van der Waals surface area contributed by atoms with Crippen LogP contribution < -0.4 is 10.1 Å². The van der Waals surface area contributed by atoms with Crippen LogP contribution in [0.25, 0.3) is 0 Å². The number of amides is 1. The molecule has 0 saturated heterocycles. The van der Waals surface area contributed by atoms with Crippen LogP contribution >= 0.6 is 28.7 Å². The van der Waals surface area contributed by atoms with Crippen LogP contribution in [0.1, 0.15) is 134 Å². The van der Waals surface area contributed by atoms with E-state index in [1.54, 1.807) is 0 Å². The molecule has 44 heavy (non-hydrogen) atoms. The highest BCUT2D eigenvalue weighted by atomic mass is 79.9. The highest BCUT2D eigenvalue weighted by Crippen LogP contribution is 2.30. The van der Waals surface area contributed by atoms with Crippen LogP contribution in [-0.2, 0) is 23.2 Å². The Morgan fingerprint density at radius 3 is 1.98 bits per heavy atom. The van der Waals surface area contributed by atoms with Crippen LogP contribution in [0.15, 0.2) is 54.1 Å². The summed E-state index contributed by atoms with van der Waals surface area (Å²) in [5, 5.41) is 5.20. The molecule has 1 heterocycles. The maximum absolute atomic E-state index is 13.0. The van der Waals surface area contributed by atoms with Crippen LogP contribution in [0.3, 0.4) is 0 Å². The zero-order chi connectivity index (χ0) is 30.8. The quantitative estimate of drug-likeness (QED) is 0.133. The second kappa shape index (κ2) is 21.8. The molecule has 4 nitrogen and oxygen atoms in total. The first kappa shape index (κ1) is 38.3. The molecule has 246 valence electrons. The molecular weight excluding hydrogens is 628 g/mol. The van der Waals surface area contributed by atoms with Crippen molar-refractivity contribution in [3.8, 4) is 5.75 Å². The Balaban J connectivity index is 0.00000675. The third-order valence-electron chi connectivity index (χ3n) is 8.27. The maximum Gasteiger partial charge on any atom is 0.228 e. The number of benzene rings is 2. The first-order chi connectivity index (χ1) is 20.8. The Morgan fingerprint density at radius 1 is 0.841 bits per heavy atom. The summed E-state index contributed by atoms with van der Waals surface area (Å²) >= 11 is 1.81. The number of nitrogens with one attached hydrogen (secondary N) is 1. The molecule has 1 N–H and O–H groups in total. The van der Waals surface area contributed by atoms with Crippen molar-refractivity contribution in [3.05, 3.63) is 70.8 Å². The number of unbranched alkanes of at least 4 members (excludes halogenated alkanes) is 13. The summed E-state index contributed by atoms with van der Waals surface area (Å²) < 4.78 is 6.32. The SMILES string of the molecule is Br.CCCCCCCCCCCCCCCCOc1cc(C(C)(C)C)ccc1CC(=O)Nc1ccc(CN2C=CSC2)cc1. The minimum Gasteiger partial charge on any atom is -0.493 e. The number of halogens is 1. The fraction of sp³-hybridized carbons (Fsp3) is 0.605. The monoisotopic (exact) mass is 686 g/mol. The Morgan fingerprint density at radius 2 is 1.43 bits per heavy atom. The third kappa shape index (κ3) is 15.4. The lowest BCUT2D eigenvalue weighted by molar-refractivity contribution is -0.115. The highest BCUT2D eigenvalue weighted by molar-refractivity contribution is 8.93. The fourth-order valence-corrected chi connectivity index (χ4v) is 6.21. The summed E-state index contributed by atoms with van der Waals surface area (Å²) in [6, 6.07) is 14.5. The normalized spacial score (nSPS) is 12.8. The van der Waals surface area contributed by atoms with Gasteiger partial charge in [-0.05, 0) is 46.6 Å². The van der Waals surface area contributed by atoms with Gasteiger partial charge in [0.2, 0.25) is 5.91 Å². The molecule has 1 amide bonds. The molecule has 3 rings (SSSR count). The van der Waals surface area contributed by atoms with E-state index in [1.165, 1.54) is 94.6 Å². The lowest BCUT2D eigenvalue weighted by Gasteiger charge is -2.21. The van der Waals surface area contributed by atoms with E-state index in [-0.39, 0.29) is 28.3 Å². The van der Waals surface area contributed by atoms with Gasteiger partial charge in [-0.1, -0.05) is 135 Å². The molecule has 0 aliphatic carbocycles. The molecular formula is C38H59BrN2O2S. The van der Waals surface area contributed by atoms with Crippen LogP contribution in [-0.4, -0.2) is 23.3 Å². The largest absolute Gasteiger partial charge is 0.493 e. The van der Waals surface area contributed by atoms with Crippen molar-refractivity contribution in [2.45, 2.75) is 136 Å². The number of hydrogen-bond donors (Lipinski definition) is 1. The number of ether oxygens (including phenoxy) is 1. The summed E-state index contributed by atoms with van der Waals surface area (Å²) in [5.74, 6) is 1.83. The van der Waals surface area contributed by atoms with Crippen LogP contribution in [0, 0.1) is 0 Å². The van der Waals surface area contributed by atoms with E-state index >= 15 is 0 Å². The standard InChI is InChI=1S/C38H58N2O2S.BrH/c1-5-6-7-8-9-10-11-12-13-14-15-16-17-18-26-42-36-29-34(38(2,3)4)22-21-33(36)28-37(41)39-35-23-19-32(20-24-35)30-40-25-27-43-31-40;/h19-25,27,29H,5-18,26,28,30-31H2,1-4H3,(H,39,41);1H. The lowest BCUT2D eigenvalue weighted by atomic mass is 9.86. The minimum absolute atomic E-state index is 0. The van der Waals surface area contributed by atoms with E-state index < -0.39 is 0 Å². The second-order valence-electron chi connectivity index (χ2n) is 13.3. The Hall–Kier alpha value is -1.92. The zero-order valence-corrected chi connectivity index (χ0v) is 30.5. The van der Waals surface area contributed by atoms with Crippen molar-refractivity contribution >= 4 is 40.3 Å². The van der Waals surface area contributed by atoms with Crippen LogP contribution in [0.5, 0.6) is 5.75 Å². The summed E-state index contributed by atoms with van der Waals surface area (Å²) in [6.07, 6.45) is 21.3. The van der Waals surface area contributed by atoms with E-state index in [4.69, 9.17) is 4.74 Å². The predicted molar refractivity (Wildman–Crippen MR) is 197 cm³/mol. The number of thioether (sulfide) groups is 1. The van der Waals surface area contributed by atoms with E-state index in [1.807, 2.05) is 23.9 Å². The molecule has 0 atom stereocenters. The molecule has 0 aromatic heterocycles. The molecule has 0 bridgehead atoms.